The van der Waals surface area contributed by atoms with Crippen LogP contribution in [0.1, 0.15) is 0 Å². The Morgan fingerprint density at radius 2 is 2.29 bits per heavy atom. The molecule has 0 aromatic carbocycles. The molecular weight excluding hydrogens is 312 g/mol. The number of urea groups is 1. The molecule has 0 unspecified atom stereocenters. The molecule has 2 aliphatic rings. The molecule has 0 saturated carbocycles. The number of likely N-dealkylation sites (tertiary alicyclic amines) is 1. The highest BCUT2D eigenvalue weighted by Gasteiger charge is 2.54. The van der Waals surface area contributed by atoms with E-state index in [4.69, 9.17) is 4.74 Å². The number of anilines is 1. The third-order valence-corrected chi connectivity index (χ3v) is 5.64. The number of hydrogen-bond acceptors (Lipinski definition) is 6. The molecule has 21 heavy (non-hydrogen) atoms. The summed E-state index contributed by atoms with van der Waals surface area (Å²) in [4.78, 5) is 31.0. The Morgan fingerprint density at radius 1 is 1.48 bits per heavy atom. The van der Waals surface area contributed by atoms with E-state index in [0.717, 1.165) is 9.53 Å². The van der Waals surface area contributed by atoms with Gasteiger partial charge in [-0.3, -0.25) is 5.32 Å². The summed E-state index contributed by atoms with van der Waals surface area (Å²) < 4.78 is 6.41. The van der Waals surface area contributed by atoms with Crippen LogP contribution < -0.4 is 5.32 Å². The molecule has 0 bridgehead atoms. The van der Waals surface area contributed by atoms with Crippen molar-refractivity contribution in [3.8, 4) is 0 Å². The van der Waals surface area contributed by atoms with Crippen molar-refractivity contribution in [2.75, 3.05) is 32.0 Å². The maximum Gasteiger partial charge on any atom is 0.410 e. The molecule has 0 aliphatic carbocycles. The summed E-state index contributed by atoms with van der Waals surface area (Å²) in [6.07, 6.45) is -0.324. The van der Waals surface area contributed by atoms with Crippen molar-refractivity contribution < 1.29 is 14.3 Å². The average molecular weight is 324 g/mol. The second kappa shape index (κ2) is 4.31. The second-order valence-electron chi connectivity index (χ2n) is 5.31. The third kappa shape index (κ3) is 2.04. The molecule has 2 aliphatic heterocycles. The van der Waals surface area contributed by atoms with Crippen molar-refractivity contribution in [3.05, 3.63) is 11.4 Å². The number of thiophene rings is 1. The summed E-state index contributed by atoms with van der Waals surface area (Å²) in [7, 11) is 1.70. The minimum atomic E-state index is -0.521. The number of carbonyl (C=O) groups is 2. The summed E-state index contributed by atoms with van der Waals surface area (Å²) in [5, 5.41) is 5.37. The van der Waals surface area contributed by atoms with Crippen LogP contribution in [0.2, 0.25) is 0 Å². The lowest BCUT2D eigenvalue weighted by Crippen LogP contribution is -2.66. The van der Waals surface area contributed by atoms with Gasteiger partial charge in [-0.25, -0.2) is 14.6 Å². The van der Waals surface area contributed by atoms with Gasteiger partial charge in [-0.1, -0.05) is 11.3 Å². The first kappa shape index (κ1) is 12.8. The summed E-state index contributed by atoms with van der Waals surface area (Å²) in [5.74, 6) is 0. The largest absolute Gasteiger partial charge is 0.437 e. The highest BCUT2D eigenvalue weighted by atomic mass is 32.2. The van der Waals surface area contributed by atoms with Crippen LogP contribution in [0.5, 0.6) is 0 Å². The number of fused-ring (bicyclic) bond motifs is 1. The van der Waals surface area contributed by atoms with Crippen LogP contribution in [0, 0.1) is 0 Å². The first-order valence-electron chi connectivity index (χ1n) is 6.39. The molecule has 4 heterocycles. The molecule has 3 amide bonds. The van der Waals surface area contributed by atoms with Gasteiger partial charge in [0.1, 0.15) is 4.01 Å². The van der Waals surface area contributed by atoms with Crippen LogP contribution in [0.3, 0.4) is 0 Å². The van der Waals surface area contributed by atoms with Crippen LogP contribution in [0.15, 0.2) is 11.4 Å². The van der Waals surface area contributed by atoms with E-state index in [9.17, 15) is 9.59 Å². The SMILES string of the molecule is CN1CC2(CN(C(=O)Nc3nc4ccsc4s3)C2)OC1=O. The predicted molar refractivity (Wildman–Crippen MR) is 79.9 cm³/mol. The smallest absolute Gasteiger partial charge is 0.410 e. The average Bonchev–Trinajstić information content (AvgIpc) is 3.01. The third-order valence-electron chi connectivity index (χ3n) is 3.62. The fourth-order valence-corrected chi connectivity index (χ4v) is 4.47. The summed E-state index contributed by atoms with van der Waals surface area (Å²) in [6, 6.07) is 1.73. The van der Waals surface area contributed by atoms with E-state index in [1.54, 1.807) is 23.3 Å². The number of ether oxygens (including phenoxy) is 1. The lowest BCUT2D eigenvalue weighted by atomic mass is 9.95. The van der Waals surface area contributed by atoms with Gasteiger partial charge in [0.05, 0.1) is 25.2 Å². The fraction of sp³-hybridized carbons (Fsp3) is 0.417. The topological polar surface area (TPSA) is 74.8 Å². The molecule has 9 heteroatoms. The van der Waals surface area contributed by atoms with E-state index in [-0.39, 0.29) is 12.1 Å². The van der Waals surface area contributed by atoms with Crippen LogP contribution in [-0.2, 0) is 4.74 Å². The molecule has 2 saturated heterocycles. The molecule has 0 radical (unpaired) electrons. The number of nitrogens with zero attached hydrogens (tertiary/aromatic N) is 3. The van der Waals surface area contributed by atoms with Crippen LogP contribution in [-0.4, -0.2) is 59.2 Å². The van der Waals surface area contributed by atoms with Gasteiger partial charge in [0.25, 0.3) is 0 Å². The van der Waals surface area contributed by atoms with E-state index in [1.165, 1.54) is 16.2 Å². The van der Waals surface area contributed by atoms with E-state index in [2.05, 4.69) is 10.3 Å². The van der Waals surface area contributed by atoms with Crippen LogP contribution >= 0.6 is 22.7 Å². The van der Waals surface area contributed by atoms with E-state index >= 15 is 0 Å². The summed E-state index contributed by atoms with van der Waals surface area (Å²) in [6.45, 7) is 1.38. The van der Waals surface area contributed by atoms with Gasteiger partial charge in [-0.05, 0) is 11.4 Å². The summed E-state index contributed by atoms with van der Waals surface area (Å²) >= 11 is 3.07. The Labute approximate surface area is 128 Å². The lowest BCUT2D eigenvalue weighted by Gasteiger charge is -2.44. The van der Waals surface area contributed by atoms with Gasteiger partial charge in [0.15, 0.2) is 10.7 Å². The van der Waals surface area contributed by atoms with Gasteiger partial charge in [-0.15, -0.1) is 11.3 Å². The molecule has 1 spiro atoms. The monoisotopic (exact) mass is 324 g/mol. The fourth-order valence-electron chi connectivity index (χ4n) is 2.64. The van der Waals surface area contributed by atoms with Crippen molar-refractivity contribution in [3.63, 3.8) is 0 Å². The molecule has 2 fully saturated rings. The summed E-state index contributed by atoms with van der Waals surface area (Å²) in [5.41, 5.74) is 0.388. The van der Waals surface area contributed by atoms with Gasteiger partial charge in [0.2, 0.25) is 0 Å². The Kier molecular flexibility index (Phi) is 2.64. The Bertz CT molecular complexity index is 705. The molecular formula is C12H12N4O3S2. The Balaban J connectivity index is 1.39. The van der Waals surface area contributed by atoms with Gasteiger partial charge in [0, 0.05) is 7.05 Å². The standard InChI is InChI=1S/C12H12N4O3S2/c1-15-4-12(19-11(15)18)5-16(6-12)10(17)14-9-13-7-2-3-20-8(7)21-9/h2-3H,4-6H2,1H3,(H,13,14,17). The molecule has 0 atom stereocenters. The number of carbonyl (C=O) groups excluding carboxylic acids is 2. The second-order valence-corrected chi connectivity index (χ2v) is 7.48. The maximum absolute atomic E-state index is 12.1. The number of likely N-dealkylation sites (N-methyl/N-ethyl adjacent to an activating group) is 1. The highest BCUT2D eigenvalue weighted by Crippen LogP contribution is 2.33. The predicted octanol–water partition coefficient (Wildman–Crippen LogP) is 2.03. The lowest BCUT2D eigenvalue weighted by molar-refractivity contribution is -0.0488. The van der Waals surface area contributed by atoms with Crippen LogP contribution in [0.25, 0.3) is 9.53 Å². The molecule has 1 N–H and O–H groups in total. The highest BCUT2D eigenvalue weighted by molar-refractivity contribution is 7.39. The molecule has 7 nitrogen and oxygen atoms in total. The number of nitrogens with one attached hydrogen (secondary N) is 1. The van der Waals surface area contributed by atoms with Crippen molar-refractivity contribution in [1.82, 2.24) is 14.8 Å². The minimum absolute atomic E-state index is 0.201. The van der Waals surface area contributed by atoms with Crippen molar-refractivity contribution in [2.45, 2.75) is 5.60 Å². The van der Waals surface area contributed by atoms with E-state index in [0.29, 0.717) is 24.8 Å². The zero-order chi connectivity index (χ0) is 14.6. The zero-order valence-corrected chi connectivity index (χ0v) is 12.8. The number of thiazole rings is 1. The minimum Gasteiger partial charge on any atom is -0.437 e. The van der Waals surface area contributed by atoms with Crippen molar-refractivity contribution in [2.24, 2.45) is 0 Å². The first-order chi connectivity index (χ1) is 10.0. The van der Waals surface area contributed by atoms with E-state index < -0.39 is 5.60 Å². The van der Waals surface area contributed by atoms with Crippen molar-refractivity contribution >= 4 is 49.5 Å². The molecule has 4 rings (SSSR count). The number of aromatic nitrogens is 1. The number of rotatable bonds is 1. The van der Waals surface area contributed by atoms with Crippen molar-refractivity contribution in [1.29, 1.82) is 0 Å². The maximum atomic E-state index is 12.1. The first-order valence-corrected chi connectivity index (χ1v) is 8.08. The molecule has 2 aromatic rings. The quantitative estimate of drug-likeness (QED) is 0.871. The van der Waals surface area contributed by atoms with Gasteiger partial charge < -0.3 is 14.5 Å². The Morgan fingerprint density at radius 3 is 2.95 bits per heavy atom. The van der Waals surface area contributed by atoms with Gasteiger partial charge in [-0.2, -0.15) is 0 Å². The van der Waals surface area contributed by atoms with Gasteiger partial charge >= 0.3 is 12.1 Å². The Hall–Kier alpha value is -1.87. The zero-order valence-electron chi connectivity index (χ0n) is 11.2. The van der Waals surface area contributed by atoms with E-state index in [1.807, 2.05) is 11.4 Å². The number of amides is 3. The normalized spacial score (nSPS) is 20.0. The number of hydrogen-bond donors (Lipinski definition) is 1. The molecule has 110 valence electrons. The van der Waals surface area contributed by atoms with Crippen LogP contribution in [0.4, 0.5) is 14.7 Å². The molecule has 2 aromatic heterocycles.